The molecule has 0 saturated heterocycles. The molecule has 0 spiro atoms. The summed E-state index contributed by atoms with van der Waals surface area (Å²) in [4.78, 5) is 49.1. The van der Waals surface area contributed by atoms with E-state index >= 15 is 0 Å². The van der Waals surface area contributed by atoms with E-state index in [-0.39, 0.29) is 34.4 Å². The highest BCUT2D eigenvalue weighted by Gasteiger charge is 2.36. The molecule has 0 saturated carbocycles. The summed E-state index contributed by atoms with van der Waals surface area (Å²) in [6, 6.07) is 2.87. The number of alkyl halides is 3. The molecule has 3 heterocycles. The fourth-order valence-electron chi connectivity index (χ4n) is 4.22. The Hall–Kier alpha value is -3.13. The van der Waals surface area contributed by atoms with Crippen LogP contribution in [0.4, 0.5) is 13.2 Å². The Morgan fingerprint density at radius 3 is 2.59 bits per heavy atom. The number of hydrogen-bond donors (Lipinski definition) is 1. The Balaban J connectivity index is 1.75. The minimum Gasteiger partial charge on any atom is -0.352 e. The minimum absolute atomic E-state index is 0.0364. The first-order chi connectivity index (χ1) is 17.4. The second-order valence-corrected chi connectivity index (χ2v) is 10.0. The van der Waals surface area contributed by atoms with Gasteiger partial charge in [0.1, 0.15) is 5.82 Å². The number of halogens is 4. The van der Waals surface area contributed by atoms with Crippen LogP contribution in [0.3, 0.4) is 0 Å². The maximum absolute atomic E-state index is 13.6. The number of carbonyl (C=O) groups excluding carboxylic acids is 2. The molecule has 9 nitrogen and oxygen atoms in total. The molecule has 3 aromatic rings. The van der Waals surface area contributed by atoms with E-state index in [9.17, 15) is 27.6 Å². The molecule has 0 radical (unpaired) electrons. The first-order valence-electron chi connectivity index (χ1n) is 11.0. The Morgan fingerprint density at radius 2 is 1.97 bits per heavy atom. The van der Waals surface area contributed by atoms with E-state index in [2.05, 4.69) is 31.2 Å². The number of hydrogen-bond acceptors (Lipinski definition) is 6. The molecule has 2 amide bonds. The van der Waals surface area contributed by atoms with E-state index in [1.165, 1.54) is 51.2 Å². The summed E-state index contributed by atoms with van der Waals surface area (Å²) in [5, 5.41) is 2.82. The van der Waals surface area contributed by atoms with Crippen LogP contribution in [0.15, 0.2) is 38.8 Å². The van der Waals surface area contributed by atoms with E-state index in [0.29, 0.717) is 22.2 Å². The van der Waals surface area contributed by atoms with Crippen molar-refractivity contribution in [3.8, 4) is 5.82 Å². The number of amides is 2. The number of imidazole rings is 1. The zero-order valence-corrected chi connectivity index (χ0v) is 22.6. The van der Waals surface area contributed by atoms with Crippen LogP contribution < -0.4 is 10.9 Å². The fourth-order valence-corrected chi connectivity index (χ4v) is 5.25. The zero-order valence-electron chi connectivity index (χ0n) is 20.2. The Labute approximate surface area is 222 Å². The summed E-state index contributed by atoms with van der Waals surface area (Å²) < 4.78 is 42.8. The summed E-state index contributed by atoms with van der Waals surface area (Å²) in [5.74, 6) is -0.534. The third-order valence-electron chi connectivity index (χ3n) is 6.17. The standard InChI is InChI=1S/C23H22BrF3N6O3S/c1-11-7-13-16(10-32(11)20(35)12-5-6-15(24)14(8-12)23(25,26)27)30-22(37-4)33(21(13)36)17-9-29-18(31(17)3)19(34)28-2/h5-6,8-9,11H,7,10H2,1-4H3,(H,28,34)/t11-/m1/s1. The van der Waals surface area contributed by atoms with Crippen LogP contribution in [0.2, 0.25) is 0 Å². The van der Waals surface area contributed by atoms with Gasteiger partial charge in [-0.25, -0.2) is 14.5 Å². The molecule has 1 atom stereocenters. The molecule has 1 aliphatic rings. The highest BCUT2D eigenvalue weighted by Crippen LogP contribution is 2.36. The smallest absolute Gasteiger partial charge is 0.352 e. The number of benzene rings is 1. The number of thioether (sulfide) groups is 1. The molecule has 2 aromatic heterocycles. The van der Waals surface area contributed by atoms with E-state index in [4.69, 9.17) is 0 Å². The van der Waals surface area contributed by atoms with Gasteiger partial charge in [-0.15, -0.1) is 0 Å². The molecule has 1 aromatic carbocycles. The van der Waals surface area contributed by atoms with Crippen LogP contribution in [0.1, 0.15) is 44.7 Å². The first-order valence-corrected chi connectivity index (χ1v) is 13.0. The summed E-state index contributed by atoms with van der Waals surface area (Å²) in [6.07, 6.45) is -1.33. The van der Waals surface area contributed by atoms with Crippen LogP contribution in [0.5, 0.6) is 0 Å². The van der Waals surface area contributed by atoms with Crippen molar-refractivity contribution in [2.75, 3.05) is 13.3 Å². The predicted molar refractivity (Wildman–Crippen MR) is 134 cm³/mol. The van der Waals surface area contributed by atoms with E-state index < -0.39 is 29.6 Å². The molecule has 0 aliphatic carbocycles. The second-order valence-electron chi connectivity index (χ2n) is 8.42. The zero-order chi connectivity index (χ0) is 27.2. The van der Waals surface area contributed by atoms with Gasteiger partial charge in [-0.05, 0) is 37.8 Å². The maximum Gasteiger partial charge on any atom is 0.417 e. The van der Waals surface area contributed by atoms with Crippen molar-refractivity contribution >= 4 is 39.5 Å². The van der Waals surface area contributed by atoms with Crippen molar-refractivity contribution in [1.29, 1.82) is 0 Å². The molecule has 0 unspecified atom stereocenters. The van der Waals surface area contributed by atoms with Gasteiger partial charge >= 0.3 is 6.18 Å². The predicted octanol–water partition coefficient (Wildman–Crippen LogP) is 3.42. The molecule has 0 fully saturated rings. The van der Waals surface area contributed by atoms with Gasteiger partial charge in [0.2, 0.25) is 0 Å². The molecule has 196 valence electrons. The Bertz CT molecular complexity index is 1470. The summed E-state index contributed by atoms with van der Waals surface area (Å²) in [7, 11) is 3.09. The van der Waals surface area contributed by atoms with E-state index in [1.807, 2.05) is 0 Å². The molecule has 4 rings (SSSR count). The minimum atomic E-state index is -4.63. The van der Waals surface area contributed by atoms with Crippen LogP contribution in [-0.4, -0.2) is 55.2 Å². The van der Waals surface area contributed by atoms with Crippen LogP contribution >= 0.6 is 27.7 Å². The van der Waals surface area contributed by atoms with E-state index in [1.54, 1.807) is 20.2 Å². The van der Waals surface area contributed by atoms with E-state index in [0.717, 1.165) is 6.07 Å². The van der Waals surface area contributed by atoms with Gasteiger partial charge in [0, 0.05) is 35.7 Å². The summed E-state index contributed by atoms with van der Waals surface area (Å²) in [6.45, 7) is 1.69. The lowest BCUT2D eigenvalue weighted by Gasteiger charge is -2.34. The second kappa shape index (κ2) is 9.97. The number of fused-ring (bicyclic) bond motifs is 1. The van der Waals surface area contributed by atoms with Crippen LogP contribution in [-0.2, 0) is 26.2 Å². The number of carbonyl (C=O) groups is 2. The first kappa shape index (κ1) is 26.9. The largest absolute Gasteiger partial charge is 0.417 e. The van der Waals surface area contributed by atoms with Crippen molar-refractivity contribution in [1.82, 2.24) is 29.3 Å². The molecular formula is C23H22BrF3N6O3S. The van der Waals surface area contributed by atoms with Gasteiger partial charge in [0.05, 0.1) is 24.0 Å². The lowest BCUT2D eigenvalue weighted by Crippen LogP contribution is -2.46. The van der Waals surface area contributed by atoms with Crippen molar-refractivity contribution < 1.29 is 22.8 Å². The van der Waals surface area contributed by atoms with Gasteiger partial charge in [0.25, 0.3) is 17.4 Å². The summed E-state index contributed by atoms with van der Waals surface area (Å²) in [5.41, 5.74) is -0.646. The molecule has 1 N–H and O–H groups in total. The van der Waals surface area contributed by atoms with Crippen LogP contribution in [0, 0.1) is 0 Å². The third-order valence-corrected chi connectivity index (χ3v) is 7.50. The average molecular weight is 599 g/mol. The van der Waals surface area contributed by atoms with Gasteiger partial charge in [-0.3, -0.25) is 14.4 Å². The van der Waals surface area contributed by atoms with Gasteiger partial charge < -0.3 is 14.8 Å². The fraction of sp³-hybridized carbons (Fsp3) is 0.348. The van der Waals surface area contributed by atoms with Gasteiger partial charge in [-0.1, -0.05) is 27.7 Å². The lowest BCUT2D eigenvalue weighted by atomic mass is 9.98. The highest BCUT2D eigenvalue weighted by atomic mass is 79.9. The van der Waals surface area contributed by atoms with Crippen molar-refractivity contribution in [2.24, 2.45) is 7.05 Å². The molecule has 1 aliphatic heterocycles. The molecule has 14 heteroatoms. The Morgan fingerprint density at radius 1 is 1.27 bits per heavy atom. The SMILES string of the molecule is CNC(=O)c1ncc(-n2c(SC)nc3c(c2=O)C[C@@H](C)N(C(=O)c2ccc(Br)c(C(F)(F)F)c2)C3)n1C. The van der Waals surface area contributed by atoms with Gasteiger partial charge in [-0.2, -0.15) is 13.2 Å². The van der Waals surface area contributed by atoms with Crippen molar-refractivity contribution in [3.05, 3.63) is 67.4 Å². The van der Waals surface area contributed by atoms with Crippen molar-refractivity contribution in [2.45, 2.75) is 37.3 Å². The summed E-state index contributed by atoms with van der Waals surface area (Å²) >= 11 is 4.09. The highest BCUT2D eigenvalue weighted by molar-refractivity contribution is 9.10. The number of nitrogens with one attached hydrogen (secondary N) is 1. The monoisotopic (exact) mass is 598 g/mol. The Kier molecular flexibility index (Phi) is 7.25. The average Bonchev–Trinajstić information content (AvgIpc) is 3.23. The maximum atomic E-state index is 13.6. The molecular weight excluding hydrogens is 577 g/mol. The van der Waals surface area contributed by atoms with Gasteiger partial charge in [0.15, 0.2) is 11.0 Å². The topological polar surface area (TPSA) is 102 Å². The van der Waals surface area contributed by atoms with Crippen molar-refractivity contribution in [3.63, 3.8) is 0 Å². The number of rotatable bonds is 4. The lowest BCUT2D eigenvalue weighted by molar-refractivity contribution is -0.138. The van der Waals surface area contributed by atoms with Crippen LogP contribution in [0.25, 0.3) is 5.82 Å². The quantitative estimate of drug-likeness (QED) is 0.365. The number of aromatic nitrogens is 4. The molecule has 0 bridgehead atoms. The number of nitrogens with zero attached hydrogens (tertiary/aromatic N) is 5. The normalized spacial score (nSPS) is 15.5. The molecule has 37 heavy (non-hydrogen) atoms. The third kappa shape index (κ3) is 4.79.